The number of anilines is 2. The average Bonchev–Trinajstić information content (AvgIpc) is 2.36. The van der Waals surface area contributed by atoms with Crippen LogP contribution in [0.5, 0.6) is 0 Å². The van der Waals surface area contributed by atoms with Gasteiger partial charge in [-0.25, -0.2) is 24.2 Å². The fourth-order valence-electron chi connectivity index (χ4n) is 1.80. The van der Waals surface area contributed by atoms with Crippen LogP contribution < -0.4 is 16.0 Å². The van der Waals surface area contributed by atoms with E-state index < -0.39 is 10.0 Å². The summed E-state index contributed by atoms with van der Waals surface area (Å²) in [6, 6.07) is 6.43. The molecule has 0 aliphatic carbocycles. The van der Waals surface area contributed by atoms with Gasteiger partial charge in [-0.2, -0.15) is 0 Å². The molecule has 0 radical (unpaired) electrons. The van der Waals surface area contributed by atoms with Gasteiger partial charge in [0.05, 0.1) is 0 Å². The standard InChI is InChI=1S/C12H15N5O2S/c1-8-6-9(2)15-11(7-8)17-20(18,19)10-4-3-5-14-12(10)16-13/h3-7H,13H2,1-2H3,(H,14,16)(H,15,17). The highest BCUT2D eigenvalue weighted by Crippen LogP contribution is 2.20. The minimum absolute atomic E-state index is 0.0385. The first kappa shape index (κ1) is 14.2. The van der Waals surface area contributed by atoms with Crippen molar-refractivity contribution in [2.45, 2.75) is 18.7 Å². The lowest BCUT2D eigenvalue weighted by Crippen LogP contribution is -2.19. The number of pyridine rings is 2. The maximum atomic E-state index is 12.3. The number of sulfonamides is 1. The van der Waals surface area contributed by atoms with E-state index in [1.165, 1.54) is 18.3 Å². The molecule has 0 bridgehead atoms. The first-order valence-corrected chi connectivity index (χ1v) is 7.30. The Balaban J connectivity index is 2.41. The first-order chi connectivity index (χ1) is 9.42. The smallest absolute Gasteiger partial charge is 0.266 e. The van der Waals surface area contributed by atoms with Crippen molar-refractivity contribution >= 4 is 21.7 Å². The molecule has 4 N–H and O–H groups in total. The van der Waals surface area contributed by atoms with Gasteiger partial charge in [-0.15, -0.1) is 0 Å². The van der Waals surface area contributed by atoms with Crippen LogP contribution in [0.15, 0.2) is 35.4 Å². The van der Waals surface area contributed by atoms with Crippen LogP contribution >= 0.6 is 0 Å². The number of hydrogen-bond donors (Lipinski definition) is 3. The van der Waals surface area contributed by atoms with E-state index in [1.807, 2.05) is 13.0 Å². The normalized spacial score (nSPS) is 11.2. The lowest BCUT2D eigenvalue weighted by molar-refractivity contribution is 0.601. The molecule has 0 aromatic carbocycles. The fraction of sp³-hybridized carbons (Fsp3) is 0.167. The molecule has 0 spiro atoms. The van der Waals surface area contributed by atoms with Crippen molar-refractivity contribution in [3.05, 3.63) is 41.7 Å². The topological polar surface area (TPSA) is 110 Å². The molecule has 0 saturated carbocycles. The highest BCUT2D eigenvalue weighted by Gasteiger charge is 2.19. The van der Waals surface area contributed by atoms with E-state index in [4.69, 9.17) is 5.84 Å². The van der Waals surface area contributed by atoms with Gasteiger partial charge in [-0.05, 0) is 43.7 Å². The van der Waals surface area contributed by atoms with Gasteiger partial charge < -0.3 is 5.43 Å². The molecule has 2 aromatic heterocycles. The summed E-state index contributed by atoms with van der Waals surface area (Å²) in [5.41, 5.74) is 3.90. The Labute approximate surface area is 117 Å². The van der Waals surface area contributed by atoms with Crippen LogP contribution in [0.4, 0.5) is 11.6 Å². The van der Waals surface area contributed by atoms with Crippen LogP contribution in [-0.4, -0.2) is 18.4 Å². The summed E-state index contributed by atoms with van der Waals surface area (Å²) in [5, 5.41) is 0. The number of nitrogens with two attached hydrogens (primary N) is 1. The zero-order valence-electron chi connectivity index (χ0n) is 11.1. The summed E-state index contributed by atoms with van der Waals surface area (Å²) in [7, 11) is -3.81. The third-order valence-electron chi connectivity index (χ3n) is 2.53. The number of aromatic nitrogens is 2. The molecule has 0 aliphatic rings. The maximum Gasteiger partial charge on any atom is 0.266 e. The molecule has 2 aromatic rings. The van der Waals surface area contributed by atoms with Crippen molar-refractivity contribution in [3.63, 3.8) is 0 Å². The van der Waals surface area contributed by atoms with Crippen LogP contribution in [0.25, 0.3) is 0 Å². The molecule has 0 fully saturated rings. The number of rotatable bonds is 4. The summed E-state index contributed by atoms with van der Waals surface area (Å²) >= 11 is 0. The lowest BCUT2D eigenvalue weighted by atomic mass is 10.2. The SMILES string of the molecule is Cc1cc(C)nc(NS(=O)(=O)c2cccnc2NN)c1. The second-order valence-corrected chi connectivity index (χ2v) is 5.92. The Morgan fingerprint density at radius 3 is 2.65 bits per heavy atom. The van der Waals surface area contributed by atoms with Crippen molar-refractivity contribution in [2.24, 2.45) is 5.84 Å². The Hall–Kier alpha value is -2.19. The number of nitrogens with one attached hydrogen (secondary N) is 2. The third kappa shape index (κ3) is 3.03. The van der Waals surface area contributed by atoms with E-state index in [9.17, 15) is 8.42 Å². The molecule has 106 valence electrons. The third-order valence-corrected chi connectivity index (χ3v) is 3.92. The molecule has 2 heterocycles. The predicted octanol–water partition coefficient (Wildman–Crippen LogP) is 1.18. The van der Waals surface area contributed by atoms with Gasteiger partial charge in [0.2, 0.25) is 0 Å². The minimum atomic E-state index is -3.81. The van der Waals surface area contributed by atoms with Gasteiger partial charge in [-0.1, -0.05) is 0 Å². The molecule has 20 heavy (non-hydrogen) atoms. The van der Waals surface area contributed by atoms with E-state index >= 15 is 0 Å². The van der Waals surface area contributed by atoms with Gasteiger partial charge in [0.1, 0.15) is 10.7 Å². The molecule has 0 saturated heterocycles. The number of hydrogen-bond acceptors (Lipinski definition) is 6. The molecule has 0 atom stereocenters. The zero-order valence-corrected chi connectivity index (χ0v) is 11.9. The van der Waals surface area contributed by atoms with Gasteiger partial charge in [0.25, 0.3) is 10.0 Å². The lowest BCUT2D eigenvalue weighted by Gasteiger charge is -2.11. The maximum absolute atomic E-state index is 12.3. The van der Waals surface area contributed by atoms with Crippen LogP contribution in [0, 0.1) is 13.8 Å². The fourth-order valence-corrected chi connectivity index (χ4v) is 2.92. The van der Waals surface area contributed by atoms with Gasteiger partial charge in [-0.3, -0.25) is 4.72 Å². The molecule has 2 rings (SSSR count). The largest absolute Gasteiger partial charge is 0.307 e. The quantitative estimate of drug-likeness (QED) is 0.577. The van der Waals surface area contributed by atoms with Crippen molar-refractivity contribution in [2.75, 3.05) is 10.1 Å². The van der Waals surface area contributed by atoms with E-state index in [0.717, 1.165) is 11.3 Å². The summed E-state index contributed by atoms with van der Waals surface area (Å²) in [5.74, 6) is 5.60. The Kier molecular flexibility index (Phi) is 3.86. The summed E-state index contributed by atoms with van der Waals surface area (Å²) in [6.45, 7) is 3.66. The molecule has 0 aliphatic heterocycles. The minimum Gasteiger partial charge on any atom is -0.307 e. The van der Waals surface area contributed by atoms with Gasteiger partial charge >= 0.3 is 0 Å². The van der Waals surface area contributed by atoms with E-state index in [0.29, 0.717) is 0 Å². The molecule has 0 amide bonds. The average molecular weight is 293 g/mol. The second kappa shape index (κ2) is 5.43. The van der Waals surface area contributed by atoms with Crippen molar-refractivity contribution in [1.82, 2.24) is 9.97 Å². The molecule has 8 heteroatoms. The van der Waals surface area contributed by atoms with Crippen LogP contribution in [0.1, 0.15) is 11.3 Å². The van der Waals surface area contributed by atoms with Crippen LogP contribution in [0.2, 0.25) is 0 Å². The Morgan fingerprint density at radius 1 is 1.25 bits per heavy atom. The van der Waals surface area contributed by atoms with Crippen molar-refractivity contribution in [1.29, 1.82) is 0 Å². The molecular weight excluding hydrogens is 278 g/mol. The van der Waals surface area contributed by atoms with Crippen molar-refractivity contribution < 1.29 is 8.42 Å². The summed E-state index contributed by atoms with van der Waals surface area (Å²) in [4.78, 5) is 7.96. The van der Waals surface area contributed by atoms with E-state index in [2.05, 4.69) is 20.1 Å². The second-order valence-electron chi connectivity index (χ2n) is 4.27. The van der Waals surface area contributed by atoms with Crippen LogP contribution in [-0.2, 0) is 10.0 Å². The van der Waals surface area contributed by atoms with E-state index in [-0.39, 0.29) is 16.5 Å². The number of aryl methyl sites for hydroxylation is 2. The monoisotopic (exact) mass is 293 g/mol. The number of nitrogens with zero attached hydrogens (tertiary/aromatic N) is 2. The van der Waals surface area contributed by atoms with Crippen molar-refractivity contribution in [3.8, 4) is 0 Å². The van der Waals surface area contributed by atoms with Gasteiger partial charge in [0, 0.05) is 11.9 Å². The Morgan fingerprint density at radius 2 is 2.00 bits per heavy atom. The number of hydrazine groups is 1. The summed E-state index contributed by atoms with van der Waals surface area (Å²) < 4.78 is 27.1. The first-order valence-electron chi connectivity index (χ1n) is 5.82. The molecule has 7 nitrogen and oxygen atoms in total. The number of nitrogen functional groups attached to an aromatic ring is 1. The van der Waals surface area contributed by atoms with Crippen LogP contribution in [0.3, 0.4) is 0 Å². The summed E-state index contributed by atoms with van der Waals surface area (Å²) in [6.07, 6.45) is 1.45. The highest BCUT2D eigenvalue weighted by molar-refractivity contribution is 7.92. The highest BCUT2D eigenvalue weighted by atomic mass is 32.2. The zero-order chi connectivity index (χ0) is 14.8. The Bertz CT molecular complexity index is 710. The van der Waals surface area contributed by atoms with E-state index in [1.54, 1.807) is 13.0 Å². The van der Waals surface area contributed by atoms with Gasteiger partial charge in [0.15, 0.2) is 5.82 Å². The predicted molar refractivity (Wildman–Crippen MR) is 76.6 cm³/mol. The molecular formula is C12H15N5O2S. The molecule has 0 unspecified atom stereocenters.